The van der Waals surface area contributed by atoms with E-state index in [1.54, 1.807) is 18.7 Å². The maximum Gasteiger partial charge on any atom is 0.234 e. The fourth-order valence-corrected chi connectivity index (χ4v) is 4.53. The summed E-state index contributed by atoms with van der Waals surface area (Å²) in [6, 6.07) is 0. The monoisotopic (exact) mass is 595 g/mol. The highest BCUT2D eigenvalue weighted by molar-refractivity contribution is 5.78. The van der Waals surface area contributed by atoms with E-state index in [1.807, 2.05) is 6.92 Å². The van der Waals surface area contributed by atoms with Gasteiger partial charge in [0.05, 0.1) is 32.0 Å². The quantitative estimate of drug-likeness (QED) is 0.0777. The SMILES string of the molecule is CCNC(=O)CCCCCNC(=O)CN(CCO[C@@H]1O[C@@H](C)[C@@H](O)[C@@H](O)[C@@H]1O)CCO[C@@H]1O[C@@H](C)[C@@H](O)[C@@H](O)[C@@H]1O. The lowest BCUT2D eigenvalue weighted by Crippen LogP contribution is -2.57. The van der Waals surface area contributed by atoms with Crippen LogP contribution in [0.4, 0.5) is 0 Å². The van der Waals surface area contributed by atoms with E-state index in [-0.39, 0.29) is 44.7 Å². The first-order valence-electron chi connectivity index (χ1n) is 14.3. The molecule has 0 spiro atoms. The first-order chi connectivity index (χ1) is 19.5. The fraction of sp³-hybridized carbons (Fsp3) is 0.923. The molecule has 2 saturated heterocycles. The van der Waals surface area contributed by atoms with Crippen molar-refractivity contribution in [2.24, 2.45) is 0 Å². The van der Waals surface area contributed by atoms with Gasteiger partial charge in [0.25, 0.3) is 0 Å². The van der Waals surface area contributed by atoms with Crippen molar-refractivity contribution in [3.8, 4) is 0 Å². The van der Waals surface area contributed by atoms with Crippen LogP contribution in [0.25, 0.3) is 0 Å². The summed E-state index contributed by atoms with van der Waals surface area (Å²) in [6.45, 7) is 6.39. The molecule has 10 atom stereocenters. The second kappa shape index (κ2) is 18.2. The zero-order valence-corrected chi connectivity index (χ0v) is 24.1. The molecule has 2 fully saturated rings. The molecule has 2 aliphatic rings. The van der Waals surface area contributed by atoms with Crippen molar-refractivity contribution in [1.29, 1.82) is 0 Å². The van der Waals surface area contributed by atoms with Crippen molar-refractivity contribution >= 4 is 11.8 Å². The molecule has 240 valence electrons. The van der Waals surface area contributed by atoms with E-state index in [2.05, 4.69) is 10.6 Å². The number of nitrogens with zero attached hydrogens (tertiary/aromatic N) is 1. The number of aliphatic hydroxyl groups is 6. The summed E-state index contributed by atoms with van der Waals surface area (Å²) < 4.78 is 22.1. The summed E-state index contributed by atoms with van der Waals surface area (Å²) in [5.41, 5.74) is 0. The minimum absolute atomic E-state index is 0.00852. The summed E-state index contributed by atoms with van der Waals surface area (Å²) >= 11 is 0. The number of amides is 2. The van der Waals surface area contributed by atoms with Gasteiger partial charge < -0.3 is 60.2 Å². The Morgan fingerprint density at radius 2 is 1.22 bits per heavy atom. The number of ether oxygens (including phenoxy) is 4. The molecule has 0 aromatic rings. The molecule has 0 unspecified atom stereocenters. The van der Waals surface area contributed by atoms with Crippen molar-refractivity contribution in [1.82, 2.24) is 15.5 Å². The number of rotatable bonds is 17. The topological polar surface area (TPSA) is 220 Å². The molecule has 0 bridgehead atoms. The summed E-state index contributed by atoms with van der Waals surface area (Å²) in [6.07, 6.45) is -9.48. The van der Waals surface area contributed by atoms with Gasteiger partial charge in [-0.3, -0.25) is 14.5 Å². The molecule has 2 aliphatic heterocycles. The van der Waals surface area contributed by atoms with E-state index < -0.39 is 61.4 Å². The van der Waals surface area contributed by atoms with Gasteiger partial charge in [0.2, 0.25) is 11.8 Å². The van der Waals surface area contributed by atoms with Crippen LogP contribution in [0, 0.1) is 0 Å². The third kappa shape index (κ3) is 11.6. The number of aliphatic hydroxyl groups excluding tert-OH is 6. The fourth-order valence-electron chi connectivity index (χ4n) is 4.53. The normalized spacial score (nSPS) is 34.0. The maximum atomic E-state index is 12.6. The number of hydrogen-bond acceptors (Lipinski definition) is 13. The van der Waals surface area contributed by atoms with Crippen LogP contribution in [0.15, 0.2) is 0 Å². The van der Waals surface area contributed by atoms with Crippen LogP contribution < -0.4 is 10.6 Å². The van der Waals surface area contributed by atoms with E-state index in [9.17, 15) is 40.2 Å². The van der Waals surface area contributed by atoms with Crippen LogP contribution in [-0.2, 0) is 28.5 Å². The van der Waals surface area contributed by atoms with E-state index in [4.69, 9.17) is 18.9 Å². The number of carbonyl (C=O) groups is 2. The van der Waals surface area contributed by atoms with Crippen molar-refractivity contribution in [2.75, 3.05) is 45.9 Å². The van der Waals surface area contributed by atoms with Gasteiger partial charge in [-0.15, -0.1) is 0 Å². The second-order valence-electron chi connectivity index (χ2n) is 10.5. The first-order valence-corrected chi connectivity index (χ1v) is 14.3. The second-order valence-corrected chi connectivity index (χ2v) is 10.5. The van der Waals surface area contributed by atoms with Gasteiger partial charge in [0.15, 0.2) is 12.6 Å². The molecule has 41 heavy (non-hydrogen) atoms. The molecule has 0 aromatic carbocycles. The minimum Gasteiger partial charge on any atom is -0.388 e. The molecular weight excluding hydrogens is 546 g/mol. The van der Waals surface area contributed by atoms with Crippen LogP contribution >= 0.6 is 0 Å². The molecule has 15 heteroatoms. The lowest BCUT2D eigenvalue weighted by molar-refractivity contribution is -0.295. The molecule has 0 aliphatic carbocycles. The summed E-state index contributed by atoms with van der Waals surface area (Å²) in [7, 11) is 0. The van der Waals surface area contributed by atoms with Gasteiger partial charge in [0, 0.05) is 32.6 Å². The van der Waals surface area contributed by atoms with Crippen molar-refractivity contribution in [3.63, 3.8) is 0 Å². The number of carbonyl (C=O) groups excluding carboxylic acids is 2. The maximum absolute atomic E-state index is 12.6. The van der Waals surface area contributed by atoms with Crippen LogP contribution in [0.1, 0.15) is 46.5 Å². The van der Waals surface area contributed by atoms with Crippen LogP contribution in [0.3, 0.4) is 0 Å². The van der Waals surface area contributed by atoms with Crippen molar-refractivity contribution < 1.29 is 59.2 Å². The molecule has 15 nitrogen and oxygen atoms in total. The molecule has 0 saturated carbocycles. The predicted octanol–water partition coefficient (Wildman–Crippen LogP) is -3.21. The van der Waals surface area contributed by atoms with Crippen molar-refractivity contribution in [3.05, 3.63) is 0 Å². The Hall–Kier alpha value is -1.50. The Morgan fingerprint density at radius 3 is 1.71 bits per heavy atom. The molecule has 8 N–H and O–H groups in total. The average molecular weight is 596 g/mol. The van der Waals surface area contributed by atoms with E-state index >= 15 is 0 Å². The lowest BCUT2D eigenvalue weighted by Gasteiger charge is -2.39. The van der Waals surface area contributed by atoms with Crippen LogP contribution in [0.2, 0.25) is 0 Å². The predicted molar refractivity (Wildman–Crippen MR) is 143 cm³/mol. The number of unbranched alkanes of at least 4 members (excludes halogenated alkanes) is 2. The van der Waals surface area contributed by atoms with Gasteiger partial charge in [-0.25, -0.2) is 0 Å². The minimum atomic E-state index is -1.46. The zero-order chi connectivity index (χ0) is 30.5. The molecule has 0 radical (unpaired) electrons. The Balaban J connectivity index is 1.83. The molecule has 0 aromatic heterocycles. The van der Waals surface area contributed by atoms with Gasteiger partial charge in [-0.2, -0.15) is 0 Å². The van der Waals surface area contributed by atoms with Gasteiger partial charge in [-0.1, -0.05) is 6.42 Å². The standard InChI is InChI=1S/C26H49N3O12/c1-4-27-17(30)8-6-5-7-9-28-18(31)14-29(10-12-38-25-23(36)21(34)19(32)15(2)40-25)11-13-39-26-24(37)22(35)20(33)16(3)41-26/h15-16,19-26,32-37H,4-14H2,1-3H3,(H,27,30)(H,28,31)/t15-,16-,19+,20+,21+,22+,23-,24-,25+,26+/m0/s1. The molecule has 2 amide bonds. The van der Waals surface area contributed by atoms with Gasteiger partial charge in [-0.05, 0) is 33.6 Å². The summed E-state index contributed by atoms with van der Waals surface area (Å²) in [5, 5.41) is 65.6. The largest absolute Gasteiger partial charge is 0.388 e. The first kappa shape index (κ1) is 35.7. The Bertz CT molecular complexity index is 740. The van der Waals surface area contributed by atoms with E-state index in [0.717, 1.165) is 12.8 Å². The molecular formula is C26H49N3O12. The number of hydrogen-bond donors (Lipinski definition) is 8. The van der Waals surface area contributed by atoms with Gasteiger partial charge >= 0.3 is 0 Å². The number of nitrogens with one attached hydrogen (secondary N) is 2. The van der Waals surface area contributed by atoms with Crippen molar-refractivity contribution in [2.45, 2.75) is 108 Å². The third-order valence-corrected chi connectivity index (χ3v) is 7.14. The zero-order valence-electron chi connectivity index (χ0n) is 24.1. The molecule has 2 heterocycles. The Morgan fingerprint density at radius 1 is 0.707 bits per heavy atom. The highest BCUT2D eigenvalue weighted by Crippen LogP contribution is 2.23. The van der Waals surface area contributed by atoms with E-state index in [0.29, 0.717) is 25.9 Å². The average Bonchev–Trinajstić information content (AvgIpc) is 2.93. The Kier molecular flexibility index (Phi) is 15.9. The summed E-state index contributed by atoms with van der Waals surface area (Å²) in [4.78, 5) is 25.8. The van der Waals surface area contributed by atoms with Crippen LogP contribution in [0.5, 0.6) is 0 Å². The van der Waals surface area contributed by atoms with Gasteiger partial charge in [0.1, 0.15) is 36.6 Å². The molecule has 2 rings (SSSR count). The van der Waals surface area contributed by atoms with E-state index in [1.165, 1.54) is 0 Å². The third-order valence-electron chi connectivity index (χ3n) is 7.14. The highest BCUT2D eigenvalue weighted by atomic mass is 16.7. The lowest BCUT2D eigenvalue weighted by atomic mass is 10.0. The Labute approximate surface area is 240 Å². The smallest absolute Gasteiger partial charge is 0.234 e. The highest BCUT2D eigenvalue weighted by Gasteiger charge is 2.43. The van der Waals surface area contributed by atoms with Crippen LogP contribution in [-0.4, -0.2) is 155 Å². The summed E-state index contributed by atoms with van der Waals surface area (Å²) in [5.74, 6) is -0.245.